The van der Waals surface area contributed by atoms with Crippen molar-refractivity contribution >= 4 is 9.84 Å². The summed E-state index contributed by atoms with van der Waals surface area (Å²) in [7, 11) is -2.89. The molecule has 0 amide bonds. The molecule has 1 aromatic carbocycles. The lowest BCUT2D eigenvalue weighted by atomic mass is 10.0. The van der Waals surface area contributed by atoms with Gasteiger partial charge >= 0.3 is 0 Å². The van der Waals surface area contributed by atoms with Crippen LogP contribution in [0.15, 0.2) is 36.5 Å². The molecule has 1 atom stereocenters. The summed E-state index contributed by atoms with van der Waals surface area (Å²) >= 11 is 0. The van der Waals surface area contributed by atoms with Crippen molar-refractivity contribution in [2.45, 2.75) is 31.7 Å². The fraction of sp³-hybridized carbons (Fsp3) is 0.500. The van der Waals surface area contributed by atoms with Gasteiger partial charge in [0.1, 0.15) is 15.7 Å². The normalized spacial score (nSPS) is 19.5. The number of benzene rings is 1. The smallest absolute Gasteiger partial charge is 0.147 e. The van der Waals surface area contributed by atoms with E-state index in [4.69, 9.17) is 0 Å². The molecule has 1 aliphatic heterocycles. The zero-order chi connectivity index (χ0) is 17.0. The SMILES string of the molecule is CS(=O)(=O)CCCN1CCCCC1c1ncc(-c2ccccc2)[nH]1. The second-order valence-corrected chi connectivity index (χ2v) is 8.84. The number of likely N-dealkylation sites (tertiary alicyclic amines) is 1. The first-order valence-electron chi connectivity index (χ1n) is 8.55. The van der Waals surface area contributed by atoms with Crippen molar-refractivity contribution in [2.24, 2.45) is 0 Å². The van der Waals surface area contributed by atoms with Gasteiger partial charge in [-0.05, 0) is 37.9 Å². The number of piperidine rings is 1. The molecule has 0 aliphatic carbocycles. The Balaban J connectivity index is 1.70. The number of sulfone groups is 1. The van der Waals surface area contributed by atoms with Crippen LogP contribution in [0, 0.1) is 0 Å². The molecule has 0 saturated carbocycles. The minimum atomic E-state index is -2.89. The van der Waals surface area contributed by atoms with Crippen LogP contribution in [0.25, 0.3) is 11.3 Å². The van der Waals surface area contributed by atoms with Crippen molar-refractivity contribution in [3.8, 4) is 11.3 Å². The summed E-state index contributed by atoms with van der Waals surface area (Å²) in [5.74, 6) is 1.25. The predicted molar refractivity (Wildman–Crippen MR) is 96.5 cm³/mol. The molecule has 5 nitrogen and oxygen atoms in total. The van der Waals surface area contributed by atoms with Crippen LogP contribution in [0.3, 0.4) is 0 Å². The summed E-state index contributed by atoms with van der Waals surface area (Å²) in [5.41, 5.74) is 2.17. The molecular weight excluding hydrogens is 322 g/mol. The van der Waals surface area contributed by atoms with Gasteiger partial charge in [0.15, 0.2) is 0 Å². The van der Waals surface area contributed by atoms with Gasteiger partial charge in [0.25, 0.3) is 0 Å². The Hall–Kier alpha value is -1.66. The van der Waals surface area contributed by atoms with Gasteiger partial charge in [-0.2, -0.15) is 0 Å². The van der Waals surface area contributed by atoms with E-state index in [1.165, 1.54) is 19.1 Å². The minimum absolute atomic E-state index is 0.254. The van der Waals surface area contributed by atoms with E-state index in [-0.39, 0.29) is 11.8 Å². The number of aromatic nitrogens is 2. The van der Waals surface area contributed by atoms with Crippen LogP contribution in [0.1, 0.15) is 37.5 Å². The molecule has 1 aliphatic rings. The molecule has 1 fully saturated rings. The fourth-order valence-electron chi connectivity index (χ4n) is 3.37. The molecule has 2 heterocycles. The Morgan fingerprint density at radius 3 is 2.79 bits per heavy atom. The Kier molecular flexibility index (Phi) is 5.36. The lowest BCUT2D eigenvalue weighted by molar-refractivity contribution is 0.143. The third-order valence-electron chi connectivity index (χ3n) is 4.57. The van der Waals surface area contributed by atoms with Crippen molar-refractivity contribution in [1.82, 2.24) is 14.9 Å². The van der Waals surface area contributed by atoms with Crippen LogP contribution >= 0.6 is 0 Å². The van der Waals surface area contributed by atoms with Crippen molar-refractivity contribution < 1.29 is 8.42 Å². The number of rotatable bonds is 6. The Morgan fingerprint density at radius 1 is 1.25 bits per heavy atom. The molecular formula is C18H25N3O2S. The zero-order valence-corrected chi connectivity index (χ0v) is 14.9. The molecule has 130 valence electrons. The van der Waals surface area contributed by atoms with Crippen LogP contribution in [-0.4, -0.2) is 48.4 Å². The third kappa shape index (κ3) is 4.45. The highest BCUT2D eigenvalue weighted by atomic mass is 32.2. The summed E-state index contributed by atoms with van der Waals surface area (Å²) in [6.07, 6.45) is 7.31. The van der Waals surface area contributed by atoms with E-state index in [0.717, 1.165) is 36.6 Å². The topological polar surface area (TPSA) is 66.1 Å². The van der Waals surface area contributed by atoms with E-state index >= 15 is 0 Å². The number of nitrogens with zero attached hydrogens (tertiary/aromatic N) is 2. The zero-order valence-electron chi connectivity index (χ0n) is 14.1. The van der Waals surface area contributed by atoms with Gasteiger partial charge < -0.3 is 4.98 Å². The Morgan fingerprint density at radius 2 is 2.04 bits per heavy atom. The van der Waals surface area contributed by atoms with E-state index in [2.05, 4.69) is 27.0 Å². The van der Waals surface area contributed by atoms with Crippen molar-refractivity contribution in [3.05, 3.63) is 42.4 Å². The van der Waals surface area contributed by atoms with Gasteiger partial charge in [-0.15, -0.1) is 0 Å². The molecule has 1 unspecified atom stereocenters. The molecule has 0 radical (unpaired) electrons. The summed E-state index contributed by atoms with van der Waals surface area (Å²) < 4.78 is 22.7. The maximum Gasteiger partial charge on any atom is 0.147 e. The molecule has 2 aromatic rings. The molecule has 1 N–H and O–H groups in total. The predicted octanol–water partition coefficient (Wildman–Crippen LogP) is 3.04. The number of aromatic amines is 1. The van der Waals surface area contributed by atoms with E-state index < -0.39 is 9.84 Å². The standard InChI is InChI=1S/C18H25N3O2S/c1-24(22,23)13-7-12-21-11-6-5-10-17(21)18-19-14-16(20-18)15-8-3-2-4-9-15/h2-4,8-9,14,17H,5-7,10-13H2,1H3,(H,19,20). The first-order chi connectivity index (χ1) is 11.5. The second-order valence-electron chi connectivity index (χ2n) is 6.58. The number of nitrogens with one attached hydrogen (secondary N) is 1. The molecule has 1 aromatic heterocycles. The highest BCUT2D eigenvalue weighted by Gasteiger charge is 2.26. The molecule has 1 saturated heterocycles. The largest absolute Gasteiger partial charge is 0.341 e. The maximum atomic E-state index is 11.3. The van der Waals surface area contributed by atoms with E-state index in [0.29, 0.717) is 6.42 Å². The maximum absolute atomic E-state index is 11.3. The van der Waals surface area contributed by atoms with Gasteiger partial charge in [-0.1, -0.05) is 36.8 Å². The first kappa shape index (κ1) is 17.2. The average Bonchev–Trinajstić information content (AvgIpc) is 3.05. The molecule has 0 spiro atoms. The van der Waals surface area contributed by atoms with Crippen LogP contribution in [0.5, 0.6) is 0 Å². The lowest BCUT2D eigenvalue weighted by Gasteiger charge is -2.34. The second kappa shape index (κ2) is 7.49. The molecule has 6 heteroatoms. The Bertz CT molecular complexity index is 756. The van der Waals surface area contributed by atoms with Crippen molar-refractivity contribution in [1.29, 1.82) is 0 Å². The Labute approximate surface area is 144 Å². The minimum Gasteiger partial charge on any atom is -0.341 e. The van der Waals surface area contributed by atoms with Gasteiger partial charge in [-0.3, -0.25) is 4.90 Å². The summed E-state index contributed by atoms with van der Waals surface area (Å²) in [6, 6.07) is 10.5. The molecule has 0 bridgehead atoms. The summed E-state index contributed by atoms with van der Waals surface area (Å²) in [5, 5.41) is 0. The van der Waals surface area contributed by atoms with Crippen molar-refractivity contribution in [3.63, 3.8) is 0 Å². The number of imidazole rings is 1. The van der Waals surface area contributed by atoms with Gasteiger partial charge in [0.2, 0.25) is 0 Å². The van der Waals surface area contributed by atoms with E-state index in [1.54, 1.807) is 0 Å². The summed E-state index contributed by atoms with van der Waals surface area (Å²) in [6.45, 7) is 1.81. The summed E-state index contributed by atoms with van der Waals surface area (Å²) in [4.78, 5) is 10.4. The molecule has 3 rings (SSSR count). The van der Waals surface area contributed by atoms with Crippen molar-refractivity contribution in [2.75, 3.05) is 25.1 Å². The first-order valence-corrected chi connectivity index (χ1v) is 10.6. The monoisotopic (exact) mass is 347 g/mol. The average molecular weight is 347 g/mol. The number of H-pyrrole nitrogens is 1. The van der Waals surface area contributed by atoms with E-state index in [1.807, 2.05) is 24.4 Å². The third-order valence-corrected chi connectivity index (χ3v) is 5.60. The molecule has 24 heavy (non-hydrogen) atoms. The fourth-order valence-corrected chi connectivity index (χ4v) is 4.02. The van der Waals surface area contributed by atoms with Crippen LogP contribution in [0.4, 0.5) is 0 Å². The highest BCUT2D eigenvalue weighted by Crippen LogP contribution is 2.30. The van der Waals surface area contributed by atoms with Gasteiger partial charge in [0.05, 0.1) is 23.7 Å². The van der Waals surface area contributed by atoms with Gasteiger partial charge in [0, 0.05) is 6.26 Å². The van der Waals surface area contributed by atoms with E-state index in [9.17, 15) is 8.42 Å². The highest BCUT2D eigenvalue weighted by molar-refractivity contribution is 7.90. The number of hydrogen-bond acceptors (Lipinski definition) is 4. The number of hydrogen-bond donors (Lipinski definition) is 1. The van der Waals surface area contributed by atoms with Crippen LogP contribution < -0.4 is 0 Å². The van der Waals surface area contributed by atoms with Crippen LogP contribution in [0.2, 0.25) is 0 Å². The van der Waals surface area contributed by atoms with Gasteiger partial charge in [-0.25, -0.2) is 13.4 Å². The quantitative estimate of drug-likeness (QED) is 0.872. The lowest BCUT2D eigenvalue weighted by Crippen LogP contribution is -2.35. The van der Waals surface area contributed by atoms with Crippen LogP contribution in [-0.2, 0) is 9.84 Å².